The maximum absolute atomic E-state index is 11.2. The highest BCUT2D eigenvalue weighted by atomic mass is 16.5. The summed E-state index contributed by atoms with van der Waals surface area (Å²) in [5.41, 5.74) is 0. The number of nitrogens with one attached hydrogen (secondary N) is 1. The summed E-state index contributed by atoms with van der Waals surface area (Å²) in [6.07, 6.45) is 3.26. The average molecular weight is 169 g/mol. The number of carbonyl (C=O) groups excluding carboxylic acids is 1. The summed E-state index contributed by atoms with van der Waals surface area (Å²) in [6.45, 7) is 1.10. The Morgan fingerprint density at radius 1 is 1.42 bits per heavy atom. The number of fused-ring (bicyclic) bond motifs is 2. The Bertz CT molecular complexity index is 181. The summed E-state index contributed by atoms with van der Waals surface area (Å²) in [5.74, 6) is 0.856. The van der Waals surface area contributed by atoms with E-state index >= 15 is 0 Å². The van der Waals surface area contributed by atoms with Crippen molar-refractivity contribution in [1.82, 2.24) is 5.32 Å². The van der Waals surface area contributed by atoms with E-state index in [0.717, 1.165) is 19.4 Å². The third kappa shape index (κ3) is 1.33. The van der Waals surface area contributed by atoms with Crippen molar-refractivity contribution in [2.75, 3.05) is 13.7 Å². The first-order valence-corrected chi connectivity index (χ1v) is 4.61. The molecule has 3 unspecified atom stereocenters. The summed E-state index contributed by atoms with van der Waals surface area (Å²) < 4.78 is 4.75. The molecule has 68 valence electrons. The van der Waals surface area contributed by atoms with Crippen molar-refractivity contribution in [3.8, 4) is 0 Å². The molecule has 2 fully saturated rings. The van der Waals surface area contributed by atoms with Gasteiger partial charge < -0.3 is 10.1 Å². The van der Waals surface area contributed by atoms with Crippen LogP contribution in [0, 0.1) is 11.8 Å². The second-order valence-electron chi connectivity index (χ2n) is 3.90. The molecule has 1 heterocycles. The minimum Gasteiger partial charge on any atom is -0.469 e. The Labute approximate surface area is 72.5 Å². The van der Waals surface area contributed by atoms with Crippen molar-refractivity contribution in [2.45, 2.75) is 25.3 Å². The number of carbonyl (C=O) groups is 1. The van der Waals surface area contributed by atoms with Gasteiger partial charge in [0.05, 0.1) is 13.0 Å². The van der Waals surface area contributed by atoms with Crippen LogP contribution in [0.3, 0.4) is 0 Å². The fourth-order valence-corrected chi connectivity index (χ4v) is 2.46. The van der Waals surface area contributed by atoms with Crippen LogP contribution in [0.5, 0.6) is 0 Å². The van der Waals surface area contributed by atoms with E-state index in [1.165, 1.54) is 13.5 Å². The molecule has 3 atom stereocenters. The normalized spacial score (nSPS) is 39.6. The topological polar surface area (TPSA) is 38.3 Å². The predicted molar refractivity (Wildman–Crippen MR) is 44.6 cm³/mol. The Morgan fingerprint density at radius 3 is 2.92 bits per heavy atom. The Balaban J connectivity index is 1.98. The van der Waals surface area contributed by atoms with Gasteiger partial charge in [0.2, 0.25) is 0 Å². The minimum atomic E-state index is -0.0200. The summed E-state index contributed by atoms with van der Waals surface area (Å²) in [7, 11) is 1.48. The molecule has 0 amide bonds. The van der Waals surface area contributed by atoms with Gasteiger partial charge in [-0.2, -0.15) is 0 Å². The molecule has 12 heavy (non-hydrogen) atoms. The lowest BCUT2D eigenvalue weighted by molar-refractivity contribution is -0.146. The number of ether oxygens (including phenoxy) is 1. The standard InChI is InChI=1S/C9H15NO2/c1-12-9(11)7-2-6-3-8(4-7)10-5-6/h6-8,10H,2-5H2,1H3. The molecule has 0 aromatic heterocycles. The van der Waals surface area contributed by atoms with Gasteiger partial charge in [0.1, 0.15) is 0 Å². The van der Waals surface area contributed by atoms with Gasteiger partial charge in [0.15, 0.2) is 0 Å². The average Bonchev–Trinajstić information content (AvgIpc) is 2.44. The first-order chi connectivity index (χ1) is 5.79. The molecule has 0 aromatic rings. The maximum atomic E-state index is 11.2. The van der Waals surface area contributed by atoms with Crippen LogP contribution >= 0.6 is 0 Å². The van der Waals surface area contributed by atoms with Crippen LogP contribution in [0.4, 0.5) is 0 Å². The van der Waals surface area contributed by atoms with E-state index < -0.39 is 0 Å². The summed E-state index contributed by atoms with van der Waals surface area (Å²) in [5, 5.41) is 3.42. The van der Waals surface area contributed by atoms with Crippen LogP contribution in [0.1, 0.15) is 19.3 Å². The van der Waals surface area contributed by atoms with Crippen LogP contribution in [-0.2, 0) is 9.53 Å². The first-order valence-electron chi connectivity index (χ1n) is 4.61. The molecule has 1 N–H and O–H groups in total. The van der Waals surface area contributed by atoms with Gasteiger partial charge in [-0.1, -0.05) is 0 Å². The summed E-state index contributed by atoms with van der Waals surface area (Å²) >= 11 is 0. The van der Waals surface area contributed by atoms with E-state index in [2.05, 4.69) is 5.32 Å². The van der Waals surface area contributed by atoms with Gasteiger partial charge in [-0.3, -0.25) is 4.79 Å². The zero-order chi connectivity index (χ0) is 8.55. The molecule has 0 spiro atoms. The molecule has 2 rings (SSSR count). The fourth-order valence-electron chi connectivity index (χ4n) is 2.46. The minimum absolute atomic E-state index is 0.0200. The molecule has 3 heteroatoms. The van der Waals surface area contributed by atoms with E-state index in [9.17, 15) is 4.79 Å². The van der Waals surface area contributed by atoms with Crippen molar-refractivity contribution in [3.05, 3.63) is 0 Å². The van der Waals surface area contributed by atoms with Gasteiger partial charge in [-0.05, 0) is 31.7 Å². The van der Waals surface area contributed by atoms with Crippen LogP contribution in [0.15, 0.2) is 0 Å². The lowest BCUT2D eigenvalue weighted by atomic mass is 9.82. The third-order valence-corrected chi connectivity index (χ3v) is 3.03. The largest absolute Gasteiger partial charge is 0.469 e. The van der Waals surface area contributed by atoms with Crippen molar-refractivity contribution in [3.63, 3.8) is 0 Å². The molecule has 1 saturated carbocycles. The van der Waals surface area contributed by atoms with Crippen molar-refractivity contribution in [2.24, 2.45) is 11.8 Å². The van der Waals surface area contributed by atoms with E-state index in [0.29, 0.717) is 12.0 Å². The van der Waals surface area contributed by atoms with Gasteiger partial charge in [-0.15, -0.1) is 0 Å². The molecule has 2 bridgehead atoms. The Hall–Kier alpha value is -0.570. The molecule has 0 radical (unpaired) electrons. The van der Waals surface area contributed by atoms with Crippen LogP contribution < -0.4 is 5.32 Å². The number of hydrogen-bond donors (Lipinski definition) is 1. The molecule has 2 aliphatic rings. The van der Waals surface area contributed by atoms with Crippen LogP contribution in [0.2, 0.25) is 0 Å². The zero-order valence-corrected chi connectivity index (χ0v) is 7.38. The predicted octanol–water partition coefficient (Wildman–Crippen LogP) is 0.547. The SMILES string of the molecule is COC(=O)C1CC2CNC(C2)C1. The van der Waals surface area contributed by atoms with Gasteiger partial charge >= 0.3 is 5.97 Å². The van der Waals surface area contributed by atoms with Gasteiger partial charge in [0, 0.05) is 6.04 Å². The van der Waals surface area contributed by atoms with Gasteiger partial charge in [-0.25, -0.2) is 0 Å². The molecule has 1 aliphatic carbocycles. The second-order valence-corrected chi connectivity index (χ2v) is 3.90. The van der Waals surface area contributed by atoms with E-state index in [1.807, 2.05) is 0 Å². The lowest BCUT2D eigenvalue weighted by Gasteiger charge is -2.24. The molecular formula is C9H15NO2. The monoisotopic (exact) mass is 169 g/mol. The highest BCUT2D eigenvalue weighted by molar-refractivity contribution is 5.72. The van der Waals surface area contributed by atoms with Crippen molar-refractivity contribution >= 4 is 5.97 Å². The second kappa shape index (κ2) is 3.05. The maximum Gasteiger partial charge on any atom is 0.308 e. The van der Waals surface area contributed by atoms with Crippen molar-refractivity contribution < 1.29 is 9.53 Å². The lowest BCUT2D eigenvalue weighted by Crippen LogP contribution is -2.29. The van der Waals surface area contributed by atoms with Crippen LogP contribution in [0.25, 0.3) is 0 Å². The number of methoxy groups -OCH3 is 1. The van der Waals surface area contributed by atoms with E-state index in [-0.39, 0.29) is 11.9 Å². The highest BCUT2D eigenvalue weighted by Gasteiger charge is 2.37. The number of esters is 1. The third-order valence-electron chi connectivity index (χ3n) is 3.03. The molecule has 1 saturated heterocycles. The van der Waals surface area contributed by atoms with Crippen molar-refractivity contribution in [1.29, 1.82) is 0 Å². The number of hydrogen-bond acceptors (Lipinski definition) is 3. The fraction of sp³-hybridized carbons (Fsp3) is 0.889. The smallest absolute Gasteiger partial charge is 0.308 e. The Kier molecular flexibility index (Phi) is 2.05. The van der Waals surface area contributed by atoms with Gasteiger partial charge in [0.25, 0.3) is 0 Å². The zero-order valence-electron chi connectivity index (χ0n) is 7.38. The molecule has 0 aromatic carbocycles. The Morgan fingerprint density at radius 2 is 2.25 bits per heavy atom. The molecule has 1 aliphatic heterocycles. The first kappa shape index (κ1) is 8.05. The summed E-state index contributed by atoms with van der Waals surface area (Å²) in [4.78, 5) is 11.2. The van der Waals surface area contributed by atoms with Crippen LogP contribution in [-0.4, -0.2) is 25.7 Å². The molecule has 3 nitrogen and oxygen atoms in total. The molecular weight excluding hydrogens is 154 g/mol. The quantitative estimate of drug-likeness (QED) is 0.582. The van der Waals surface area contributed by atoms with E-state index in [1.54, 1.807) is 0 Å². The summed E-state index contributed by atoms with van der Waals surface area (Å²) in [6, 6.07) is 0.577. The highest BCUT2D eigenvalue weighted by Crippen LogP contribution is 2.33. The number of rotatable bonds is 1. The van der Waals surface area contributed by atoms with E-state index in [4.69, 9.17) is 4.74 Å².